The molecule has 0 saturated carbocycles. The predicted molar refractivity (Wildman–Crippen MR) is 103 cm³/mol. The van der Waals surface area contributed by atoms with Crippen LogP contribution in [0.25, 0.3) is 11.3 Å². The Labute approximate surface area is 159 Å². The summed E-state index contributed by atoms with van der Waals surface area (Å²) in [4.78, 5) is 15.1. The molecular formula is C21H27N3O3. The van der Waals surface area contributed by atoms with Crippen LogP contribution in [0.15, 0.2) is 28.8 Å². The number of nitrogens with one attached hydrogen (secondary N) is 1. The predicted octanol–water partition coefficient (Wildman–Crippen LogP) is 3.62. The summed E-state index contributed by atoms with van der Waals surface area (Å²) in [7, 11) is 0. The molecule has 1 aromatic heterocycles. The van der Waals surface area contributed by atoms with Gasteiger partial charge in [0.25, 0.3) is 5.91 Å². The average Bonchev–Trinajstić information content (AvgIpc) is 3.11. The molecule has 144 valence electrons. The minimum Gasteiger partial charge on any atom is -0.488 e. The Balaban J connectivity index is 1.34. The van der Waals surface area contributed by atoms with E-state index in [1.807, 2.05) is 24.3 Å². The Kier molecular flexibility index (Phi) is 5.16. The number of likely N-dealkylation sites (tertiary alicyclic amines) is 1. The SMILES string of the molecule is C[C@@H]1CCC[C@H](C)N1CCCNC(=O)c1noc2c1COc1ccccc1-2. The summed E-state index contributed by atoms with van der Waals surface area (Å²) in [5.41, 5.74) is 1.90. The van der Waals surface area contributed by atoms with Crippen LogP contribution in [-0.4, -0.2) is 41.1 Å². The van der Waals surface area contributed by atoms with E-state index in [0.717, 1.165) is 29.8 Å². The van der Waals surface area contributed by atoms with Crippen molar-refractivity contribution < 1.29 is 14.1 Å². The lowest BCUT2D eigenvalue weighted by Gasteiger charge is -2.39. The highest BCUT2D eigenvalue weighted by atomic mass is 16.5. The molecule has 2 aromatic rings. The molecule has 6 heteroatoms. The van der Waals surface area contributed by atoms with E-state index in [2.05, 4.69) is 29.2 Å². The number of piperidine rings is 1. The van der Waals surface area contributed by atoms with Gasteiger partial charge in [0.15, 0.2) is 11.5 Å². The monoisotopic (exact) mass is 369 g/mol. The van der Waals surface area contributed by atoms with Gasteiger partial charge in [0.05, 0.1) is 11.1 Å². The van der Waals surface area contributed by atoms with Crippen molar-refractivity contribution in [1.29, 1.82) is 0 Å². The van der Waals surface area contributed by atoms with Crippen molar-refractivity contribution in [3.05, 3.63) is 35.5 Å². The van der Waals surface area contributed by atoms with Gasteiger partial charge in [-0.2, -0.15) is 0 Å². The van der Waals surface area contributed by atoms with Crippen LogP contribution in [0, 0.1) is 0 Å². The van der Waals surface area contributed by atoms with E-state index in [-0.39, 0.29) is 5.91 Å². The fourth-order valence-electron chi connectivity index (χ4n) is 4.23. The van der Waals surface area contributed by atoms with E-state index in [4.69, 9.17) is 9.26 Å². The maximum Gasteiger partial charge on any atom is 0.273 e. The van der Waals surface area contributed by atoms with Crippen molar-refractivity contribution in [2.45, 2.75) is 58.2 Å². The number of hydrogen-bond acceptors (Lipinski definition) is 5. The van der Waals surface area contributed by atoms with Crippen molar-refractivity contribution in [3.8, 4) is 17.1 Å². The number of amides is 1. The Morgan fingerprint density at radius 1 is 1.26 bits per heavy atom. The molecule has 3 heterocycles. The third-order valence-electron chi connectivity index (χ3n) is 5.76. The number of fused-ring (bicyclic) bond motifs is 3. The number of rotatable bonds is 5. The Morgan fingerprint density at radius 3 is 2.85 bits per heavy atom. The maximum atomic E-state index is 12.6. The molecule has 4 rings (SSSR count). The second-order valence-corrected chi connectivity index (χ2v) is 7.60. The van der Waals surface area contributed by atoms with Gasteiger partial charge in [-0.3, -0.25) is 9.69 Å². The molecule has 0 unspecified atom stereocenters. The maximum absolute atomic E-state index is 12.6. The van der Waals surface area contributed by atoms with E-state index in [1.54, 1.807) is 0 Å². The van der Waals surface area contributed by atoms with Crippen LogP contribution in [0.5, 0.6) is 5.75 Å². The number of para-hydroxylation sites is 1. The van der Waals surface area contributed by atoms with E-state index in [1.165, 1.54) is 19.3 Å². The summed E-state index contributed by atoms with van der Waals surface area (Å²) in [6.45, 7) is 6.55. The number of nitrogens with zero attached hydrogens (tertiary/aromatic N) is 2. The normalized spacial score (nSPS) is 21.9. The molecule has 1 N–H and O–H groups in total. The molecular weight excluding hydrogens is 342 g/mol. The molecule has 27 heavy (non-hydrogen) atoms. The second kappa shape index (κ2) is 7.72. The minimum atomic E-state index is -0.192. The van der Waals surface area contributed by atoms with E-state index in [9.17, 15) is 4.79 Å². The van der Waals surface area contributed by atoms with Gasteiger partial charge in [-0.1, -0.05) is 23.7 Å². The highest BCUT2D eigenvalue weighted by molar-refractivity contribution is 5.95. The summed E-state index contributed by atoms with van der Waals surface area (Å²) < 4.78 is 11.2. The molecule has 1 saturated heterocycles. The Bertz CT molecular complexity index is 807. The molecule has 1 fully saturated rings. The fourth-order valence-corrected chi connectivity index (χ4v) is 4.23. The standard InChI is InChI=1S/C21H27N3O3/c1-14-7-5-8-15(2)24(14)12-6-11-22-21(25)19-17-13-26-18-10-4-3-9-16(18)20(17)27-23-19/h3-4,9-10,14-15H,5-8,11-13H2,1-2H3,(H,22,25)/t14-,15+. The first kappa shape index (κ1) is 18.0. The zero-order valence-corrected chi connectivity index (χ0v) is 16.0. The van der Waals surface area contributed by atoms with Crippen LogP contribution in [0.3, 0.4) is 0 Å². The fraction of sp³-hybridized carbons (Fsp3) is 0.524. The van der Waals surface area contributed by atoms with Crippen LogP contribution in [0.2, 0.25) is 0 Å². The number of benzene rings is 1. The average molecular weight is 369 g/mol. The first-order chi connectivity index (χ1) is 13.1. The topological polar surface area (TPSA) is 67.6 Å². The summed E-state index contributed by atoms with van der Waals surface area (Å²) in [6.07, 6.45) is 4.78. The summed E-state index contributed by atoms with van der Waals surface area (Å²) in [5, 5.41) is 7.00. The first-order valence-corrected chi connectivity index (χ1v) is 9.90. The van der Waals surface area contributed by atoms with Crippen molar-refractivity contribution >= 4 is 5.91 Å². The third kappa shape index (κ3) is 3.58. The van der Waals surface area contributed by atoms with E-state index >= 15 is 0 Å². The van der Waals surface area contributed by atoms with Crippen molar-refractivity contribution in [3.63, 3.8) is 0 Å². The first-order valence-electron chi connectivity index (χ1n) is 9.90. The number of hydrogen-bond donors (Lipinski definition) is 1. The molecule has 0 aliphatic carbocycles. The molecule has 0 spiro atoms. The van der Waals surface area contributed by atoms with Gasteiger partial charge >= 0.3 is 0 Å². The lowest BCUT2D eigenvalue weighted by atomic mass is 9.97. The molecule has 6 nitrogen and oxygen atoms in total. The minimum absolute atomic E-state index is 0.192. The molecule has 0 radical (unpaired) electrons. The van der Waals surface area contributed by atoms with Gasteiger partial charge < -0.3 is 14.6 Å². The van der Waals surface area contributed by atoms with Crippen molar-refractivity contribution in [2.75, 3.05) is 13.1 Å². The number of carbonyl (C=O) groups is 1. The van der Waals surface area contributed by atoms with Crippen LogP contribution in [0.4, 0.5) is 0 Å². The van der Waals surface area contributed by atoms with Crippen LogP contribution in [-0.2, 0) is 6.61 Å². The zero-order chi connectivity index (χ0) is 18.8. The summed E-state index contributed by atoms with van der Waals surface area (Å²) >= 11 is 0. The van der Waals surface area contributed by atoms with Gasteiger partial charge in [0, 0.05) is 25.2 Å². The summed E-state index contributed by atoms with van der Waals surface area (Å²) in [6, 6.07) is 8.90. The highest BCUT2D eigenvalue weighted by Gasteiger charge is 2.28. The largest absolute Gasteiger partial charge is 0.488 e. The van der Waals surface area contributed by atoms with Gasteiger partial charge in [0.1, 0.15) is 12.4 Å². The quantitative estimate of drug-likeness (QED) is 0.816. The Hall–Kier alpha value is -2.34. The molecule has 2 aliphatic heterocycles. The lowest BCUT2D eigenvalue weighted by Crippen LogP contribution is -2.44. The van der Waals surface area contributed by atoms with E-state index in [0.29, 0.717) is 36.7 Å². The molecule has 0 bridgehead atoms. The number of carbonyl (C=O) groups excluding carboxylic acids is 1. The molecule has 1 amide bonds. The van der Waals surface area contributed by atoms with Crippen molar-refractivity contribution in [2.24, 2.45) is 0 Å². The summed E-state index contributed by atoms with van der Waals surface area (Å²) in [5.74, 6) is 1.21. The van der Waals surface area contributed by atoms with E-state index < -0.39 is 0 Å². The lowest BCUT2D eigenvalue weighted by molar-refractivity contribution is 0.0916. The highest BCUT2D eigenvalue weighted by Crippen LogP contribution is 2.38. The zero-order valence-electron chi connectivity index (χ0n) is 16.0. The second-order valence-electron chi connectivity index (χ2n) is 7.60. The Morgan fingerprint density at radius 2 is 2.04 bits per heavy atom. The van der Waals surface area contributed by atoms with Gasteiger partial charge in [0.2, 0.25) is 0 Å². The van der Waals surface area contributed by atoms with Crippen LogP contribution in [0.1, 0.15) is 55.6 Å². The third-order valence-corrected chi connectivity index (χ3v) is 5.76. The molecule has 2 aliphatic rings. The van der Waals surface area contributed by atoms with Gasteiger partial charge in [-0.05, 0) is 45.2 Å². The van der Waals surface area contributed by atoms with Gasteiger partial charge in [-0.15, -0.1) is 0 Å². The van der Waals surface area contributed by atoms with Crippen LogP contribution < -0.4 is 10.1 Å². The molecule has 2 atom stereocenters. The van der Waals surface area contributed by atoms with Crippen LogP contribution >= 0.6 is 0 Å². The molecule has 1 aromatic carbocycles. The van der Waals surface area contributed by atoms with Crippen molar-refractivity contribution in [1.82, 2.24) is 15.4 Å². The van der Waals surface area contributed by atoms with Gasteiger partial charge in [-0.25, -0.2) is 0 Å². The number of ether oxygens (including phenoxy) is 1. The smallest absolute Gasteiger partial charge is 0.273 e. The number of aromatic nitrogens is 1.